The first kappa shape index (κ1) is 15.6. The Morgan fingerprint density at radius 2 is 1.35 bits per heavy atom. The van der Waals surface area contributed by atoms with Gasteiger partial charge in [0, 0.05) is 0 Å². The first-order valence-electron chi connectivity index (χ1n) is 7.95. The summed E-state index contributed by atoms with van der Waals surface area (Å²) in [5.41, 5.74) is 5.66. The van der Waals surface area contributed by atoms with Crippen molar-refractivity contribution >= 4 is 12.2 Å². The first-order valence-corrected chi connectivity index (χ1v) is 7.95. The van der Waals surface area contributed by atoms with Gasteiger partial charge in [0.25, 0.3) is 0 Å². The molecule has 2 heteroatoms. The highest BCUT2D eigenvalue weighted by atomic mass is 16.5. The van der Waals surface area contributed by atoms with Crippen molar-refractivity contribution in [2.45, 2.75) is 25.9 Å². The molecule has 1 unspecified atom stereocenters. The van der Waals surface area contributed by atoms with Gasteiger partial charge in [-0.2, -0.15) is 0 Å². The maximum atomic E-state index is 10.6. The summed E-state index contributed by atoms with van der Waals surface area (Å²) in [5.74, 6) is 0.846. The SMILES string of the molecule is COc1ccc(/C=C2/CC/C(=C/c3ccc(C)cc3)C2O)cc1. The molecule has 2 nitrogen and oxygen atoms in total. The predicted octanol–water partition coefficient (Wildman–Crippen LogP) is 4.63. The van der Waals surface area contributed by atoms with Crippen LogP contribution in [-0.2, 0) is 0 Å². The van der Waals surface area contributed by atoms with Crippen molar-refractivity contribution in [3.8, 4) is 5.75 Å². The van der Waals surface area contributed by atoms with Gasteiger partial charge in [0.05, 0.1) is 13.2 Å². The van der Waals surface area contributed by atoms with Crippen LogP contribution in [0.25, 0.3) is 12.2 Å². The minimum absolute atomic E-state index is 0.474. The highest BCUT2D eigenvalue weighted by molar-refractivity contribution is 5.62. The molecular formula is C21H22O2. The van der Waals surface area contributed by atoms with E-state index in [1.807, 2.05) is 24.3 Å². The van der Waals surface area contributed by atoms with Crippen molar-refractivity contribution in [3.05, 3.63) is 76.4 Å². The van der Waals surface area contributed by atoms with Gasteiger partial charge in [-0.15, -0.1) is 0 Å². The number of aryl methyl sites for hydroxylation is 1. The molecular weight excluding hydrogens is 284 g/mol. The third kappa shape index (κ3) is 3.72. The molecule has 1 fully saturated rings. The lowest BCUT2D eigenvalue weighted by Crippen LogP contribution is -2.04. The van der Waals surface area contributed by atoms with Gasteiger partial charge >= 0.3 is 0 Å². The molecule has 1 saturated carbocycles. The summed E-state index contributed by atoms with van der Waals surface area (Å²) in [5, 5.41) is 10.6. The molecule has 23 heavy (non-hydrogen) atoms. The summed E-state index contributed by atoms with van der Waals surface area (Å²) in [6.07, 6.45) is 5.54. The summed E-state index contributed by atoms with van der Waals surface area (Å²) < 4.78 is 5.17. The largest absolute Gasteiger partial charge is 0.497 e. The Labute approximate surface area is 137 Å². The molecule has 0 heterocycles. The van der Waals surface area contributed by atoms with Crippen LogP contribution in [-0.4, -0.2) is 18.3 Å². The molecule has 0 radical (unpaired) electrons. The van der Waals surface area contributed by atoms with E-state index < -0.39 is 6.10 Å². The smallest absolute Gasteiger partial charge is 0.118 e. The molecule has 1 aliphatic rings. The van der Waals surface area contributed by atoms with E-state index in [9.17, 15) is 5.11 Å². The van der Waals surface area contributed by atoms with Crippen molar-refractivity contribution in [1.29, 1.82) is 0 Å². The molecule has 118 valence electrons. The molecule has 2 aromatic rings. The third-order valence-electron chi connectivity index (χ3n) is 4.30. The number of benzene rings is 2. The van der Waals surface area contributed by atoms with Crippen molar-refractivity contribution in [1.82, 2.24) is 0 Å². The lowest BCUT2D eigenvalue weighted by atomic mass is 10.0. The zero-order valence-electron chi connectivity index (χ0n) is 13.6. The highest BCUT2D eigenvalue weighted by Crippen LogP contribution is 2.33. The van der Waals surface area contributed by atoms with E-state index in [0.717, 1.165) is 40.9 Å². The molecule has 0 aromatic heterocycles. The topological polar surface area (TPSA) is 29.5 Å². The van der Waals surface area contributed by atoms with Gasteiger partial charge in [0.1, 0.15) is 5.75 Å². The quantitative estimate of drug-likeness (QED) is 0.896. The van der Waals surface area contributed by atoms with Gasteiger partial charge in [0.2, 0.25) is 0 Å². The van der Waals surface area contributed by atoms with Crippen LogP contribution in [0.5, 0.6) is 5.75 Å². The standard InChI is InChI=1S/C21H22O2/c1-15-3-5-16(6-4-15)13-18-9-10-19(21(18)22)14-17-7-11-20(23-2)12-8-17/h3-8,11-14,21-22H,9-10H2,1-2H3/b18-13-,19-14-. The normalized spacial score (nSPS) is 21.1. The molecule has 2 aromatic carbocycles. The van der Waals surface area contributed by atoms with Gasteiger partial charge in [-0.05, 0) is 54.2 Å². The Morgan fingerprint density at radius 3 is 1.83 bits per heavy atom. The number of aliphatic hydroxyl groups is 1. The van der Waals surface area contributed by atoms with Crippen LogP contribution in [0.1, 0.15) is 29.5 Å². The number of methoxy groups -OCH3 is 1. The number of ether oxygens (including phenoxy) is 1. The molecule has 0 saturated heterocycles. The molecule has 0 amide bonds. The number of aliphatic hydroxyl groups excluding tert-OH is 1. The van der Waals surface area contributed by atoms with Gasteiger partial charge in [-0.25, -0.2) is 0 Å². The minimum Gasteiger partial charge on any atom is -0.497 e. The Bertz CT molecular complexity index is 721. The monoisotopic (exact) mass is 306 g/mol. The molecule has 1 aliphatic carbocycles. The van der Waals surface area contributed by atoms with Crippen molar-refractivity contribution in [2.24, 2.45) is 0 Å². The van der Waals surface area contributed by atoms with E-state index in [-0.39, 0.29) is 0 Å². The maximum Gasteiger partial charge on any atom is 0.118 e. The minimum atomic E-state index is -0.474. The summed E-state index contributed by atoms with van der Waals surface area (Å²) in [4.78, 5) is 0. The van der Waals surface area contributed by atoms with E-state index in [2.05, 4.69) is 43.3 Å². The van der Waals surface area contributed by atoms with E-state index in [0.29, 0.717) is 0 Å². The Balaban J connectivity index is 1.78. The van der Waals surface area contributed by atoms with Crippen LogP contribution in [0.15, 0.2) is 59.7 Å². The highest BCUT2D eigenvalue weighted by Gasteiger charge is 2.23. The van der Waals surface area contributed by atoms with Crippen molar-refractivity contribution < 1.29 is 9.84 Å². The van der Waals surface area contributed by atoms with Crippen LogP contribution in [0.2, 0.25) is 0 Å². The summed E-state index contributed by atoms with van der Waals surface area (Å²) >= 11 is 0. The Kier molecular flexibility index (Phi) is 4.63. The fourth-order valence-electron chi connectivity index (χ4n) is 2.89. The number of hydrogen-bond donors (Lipinski definition) is 1. The zero-order chi connectivity index (χ0) is 16.2. The van der Waals surface area contributed by atoms with Gasteiger partial charge in [-0.1, -0.05) is 54.1 Å². The van der Waals surface area contributed by atoms with Gasteiger partial charge in [0.15, 0.2) is 0 Å². The Hall–Kier alpha value is -2.32. The second-order valence-electron chi connectivity index (χ2n) is 6.02. The fourth-order valence-corrected chi connectivity index (χ4v) is 2.89. The summed E-state index contributed by atoms with van der Waals surface area (Å²) in [7, 11) is 1.66. The van der Waals surface area contributed by atoms with Gasteiger partial charge in [-0.3, -0.25) is 0 Å². The van der Waals surface area contributed by atoms with E-state index in [1.165, 1.54) is 5.56 Å². The van der Waals surface area contributed by atoms with Gasteiger partial charge < -0.3 is 9.84 Å². The molecule has 1 N–H and O–H groups in total. The van der Waals surface area contributed by atoms with Crippen LogP contribution >= 0.6 is 0 Å². The van der Waals surface area contributed by atoms with Crippen LogP contribution in [0.4, 0.5) is 0 Å². The molecule has 0 spiro atoms. The lowest BCUT2D eigenvalue weighted by molar-refractivity contribution is 0.257. The molecule has 0 aliphatic heterocycles. The third-order valence-corrected chi connectivity index (χ3v) is 4.30. The first-order chi connectivity index (χ1) is 11.2. The Morgan fingerprint density at radius 1 is 0.870 bits per heavy atom. The predicted molar refractivity (Wildman–Crippen MR) is 95.4 cm³/mol. The molecule has 1 atom stereocenters. The number of rotatable bonds is 3. The average molecular weight is 306 g/mol. The van der Waals surface area contributed by atoms with Crippen LogP contribution in [0, 0.1) is 6.92 Å². The second kappa shape index (κ2) is 6.84. The molecule has 3 rings (SSSR count). The van der Waals surface area contributed by atoms with Crippen LogP contribution < -0.4 is 4.74 Å². The van der Waals surface area contributed by atoms with Crippen LogP contribution in [0.3, 0.4) is 0 Å². The summed E-state index contributed by atoms with van der Waals surface area (Å²) in [6, 6.07) is 16.3. The fraction of sp³-hybridized carbons (Fsp3) is 0.238. The molecule has 0 bridgehead atoms. The lowest BCUT2D eigenvalue weighted by Gasteiger charge is -2.08. The van der Waals surface area contributed by atoms with E-state index >= 15 is 0 Å². The van der Waals surface area contributed by atoms with Crippen molar-refractivity contribution in [2.75, 3.05) is 7.11 Å². The van der Waals surface area contributed by atoms with Crippen molar-refractivity contribution in [3.63, 3.8) is 0 Å². The average Bonchev–Trinajstić information content (AvgIpc) is 2.91. The zero-order valence-corrected chi connectivity index (χ0v) is 13.6. The maximum absolute atomic E-state index is 10.6. The van der Waals surface area contributed by atoms with E-state index in [4.69, 9.17) is 4.74 Å². The van der Waals surface area contributed by atoms with E-state index in [1.54, 1.807) is 7.11 Å². The number of hydrogen-bond acceptors (Lipinski definition) is 2. The summed E-state index contributed by atoms with van der Waals surface area (Å²) in [6.45, 7) is 2.08. The second-order valence-corrected chi connectivity index (χ2v) is 6.02.